The van der Waals surface area contributed by atoms with E-state index in [1.807, 2.05) is 30.3 Å². The van der Waals surface area contributed by atoms with Crippen molar-refractivity contribution in [1.82, 2.24) is 9.55 Å². The third kappa shape index (κ3) is 2.66. The van der Waals surface area contributed by atoms with Crippen LogP contribution in [0.3, 0.4) is 0 Å². The fourth-order valence-corrected chi connectivity index (χ4v) is 2.14. The Morgan fingerprint density at radius 1 is 1.24 bits per heavy atom. The number of H-pyrrole nitrogens is 1. The first-order chi connectivity index (χ1) is 10.1. The van der Waals surface area contributed by atoms with Gasteiger partial charge in [0.15, 0.2) is 0 Å². The Morgan fingerprint density at radius 3 is 2.76 bits per heavy atom. The van der Waals surface area contributed by atoms with E-state index in [0.29, 0.717) is 17.8 Å². The summed E-state index contributed by atoms with van der Waals surface area (Å²) < 4.78 is 12.2. The fourth-order valence-electron chi connectivity index (χ4n) is 2.14. The summed E-state index contributed by atoms with van der Waals surface area (Å²) >= 11 is 0. The maximum atomic E-state index is 11.9. The number of aromatic nitrogens is 2. The second-order valence-corrected chi connectivity index (χ2v) is 4.73. The zero-order valence-corrected chi connectivity index (χ0v) is 11.5. The second kappa shape index (κ2) is 5.41. The smallest absolute Gasteiger partial charge is 0.333 e. The summed E-state index contributed by atoms with van der Waals surface area (Å²) in [5.74, 6) is 0.568. The number of furan rings is 1. The molecule has 2 heterocycles. The molecule has 0 unspecified atom stereocenters. The molecule has 108 valence electrons. The topological polar surface area (TPSA) is 77.2 Å². The summed E-state index contributed by atoms with van der Waals surface area (Å²) in [4.78, 5) is 25.8. The van der Waals surface area contributed by atoms with Crippen LogP contribution in [0.25, 0.3) is 11.1 Å². The monoisotopic (exact) mass is 286 g/mol. The molecule has 0 aliphatic heterocycles. The molecule has 6 heteroatoms. The van der Waals surface area contributed by atoms with E-state index >= 15 is 0 Å². The molecule has 0 fully saturated rings. The summed E-state index contributed by atoms with van der Waals surface area (Å²) in [6.45, 7) is 2.10. The third-order valence-corrected chi connectivity index (χ3v) is 3.12. The minimum Gasteiger partial charge on any atom is -0.444 e. The number of aryl methyl sites for hydroxylation is 1. The third-order valence-electron chi connectivity index (χ3n) is 3.12. The Hall–Kier alpha value is -2.60. The van der Waals surface area contributed by atoms with Crippen LogP contribution in [0.15, 0.2) is 50.4 Å². The molecule has 1 N–H and O–H groups in total. The van der Waals surface area contributed by atoms with Crippen LogP contribution >= 0.6 is 0 Å². The van der Waals surface area contributed by atoms with Crippen LogP contribution in [0.1, 0.15) is 11.3 Å². The summed E-state index contributed by atoms with van der Waals surface area (Å²) in [6, 6.07) is 11.2. The molecule has 1 aromatic carbocycles. The number of hydrogen-bond donors (Lipinski definition) is 1. The average molecular weight is 286 g/mol. The lowest BCUT2D eigenvalue weighted by Crippen LogP contribution is -2.30. The Labute approximate surface area is 119 Å². The second-order valence-electron chi connectivity index (χ2n) is 4.73. The predicted octanol–water partition coefficient (Wildman–Crippen LogP) is 1.77. The number of benzene rings is 1. The number of fused-ring (bicyclic) bond motifs is 1. The minimum atomic E-state index is -0.546. The van der Waals surface area contributed by atoms with Crippen molar-refractivity contribution in [3.05, 3.63) is 68.6 Å². The first-order valence-electron chi connectivity index (χ1n) is 6.50. The van der Waals surface area contributed by atoms with Gasteiger partial charge in [0.2, 0.25) is 5.71 Å². The van der Waals surface area contributed by atoms with Crippen molar-refractivity contribution in [2.45, 2.75) is 20.3 Å². The van der Waals surface area contributed by atoms with Gasteiger partial charge in [0, 0.05) is 0 Å². The zero-order valence-electron chi connectivity index (χ0n) is 11.5. The van der Waals surface area contributed by atoms with Crippen LogP contribution in [-0.4, -0.2) is 9.55 Å². The van der Waals surface area contributed by atoms with Gasteiger partial charge in [-0.15, -0.1) is 0 Å². The Kier molecular flexibility index (Phi) is 3.45. The van der Waals surface area contributed by atoms with Crippen LogP contribution in [0.2, 0.25) is 0 Å². The molecule has 21 heavy (non-hydrogen) atoms. The molecule has 0 atom stereocenters. The van der Waals surface area contributed by atoms with E-state index in [1.165, 1.54) is 4.57 Å². The van der Waals surface area contributed by atoms with Gasteiger partial charge in [-0.25, -0.2) is 9.36 Å². The van der Waals surface area contributed by atoms with Crippen molar-refractivity contribution in [3.8, 4) is 0 Å². The van der Waals surface area contributed by atoms with E-state index in [1.54, 1.807) is 13.0 Å². The Bertz CT molecular complexity index is 874. The molecule has 0 saturated carbocycles. The minimum absolute atomic E-state index is 0.00790. The molecule has 2 aromatic heterocycles. The lowest BCUT2D eigenvalue weighted by atomic mass is 10.2. The van der Waals surface area contributed by atoms with Gasteiger partial charge in [-0.3, -0.25) is 9.78 Å². The van der Waals surface area contributed by atoms with Crippen LogP contribution in [-0.2, 0) is 18.1 Å². The molecule has 0 spiro atoms. The Morgan fingerprint density at radius 2 is 2.00 bits per heavy atom. The van der Waals surface area contributed by atoms with Crippen LogP contribution in [0.4, 0.5) is 0 Å². The van der Waals surface area contributed by atoms with Crippen molar-refractivity contribution in [1.29, 1.82) is 0 Å². The number of aromatic amines is 1. The highest BCUT2D eigenvalue weighted by molar-refractivity contribution is 5.72. The summed E-state index contributed by atoms with van der Waals surface area (Å²) in [6.07, 6.45) is 0. The standard InChI is InChI=1S/C15H14N2O4/c1-10-7-12-13(18)16-15(19)17(14(12)21-10)9-20-8-11-5-3-2-4-6-11/h2-7H,8-9H2,1H3,(H,16,18,19). The van der Waals surface area contributed by atoms with E-state index < -0.39 is 11.2 Å². The van der Waals surface area contributed by atoms with Gasteiger partial charge in [-0.2, -0.15) is 0 Å². The Balaban J connectivity index is 1.87. The molecule has 0 aliphatic rings. The molecule has 3 rings (SSSR count). The highest BCUT2D eigenvalue weighted by Gasteiger charge is 2.12. The SMILES string of the molecule is Cc1cc2c(=O)[nH]c(=O)n(COCc3ccccc3)c2o1. The van der Waals surface area contributed by atoms with Gasteiger partial charge in [-0.05, 0) is 18.6 Å². The first-order valence-corrected chi connectivity index (χ1v) is 6.50. The maximum absolute atomic E-state index is 11.9. The summed E-state index contributed by atoms with van der Waals surface area (Å²) in [5.41, 5.74) is 0.234. The molecular formula is C15H14N2O4. The largest absolute Gasteiger partial charge is 0.444 e. The highest BCUT2D eigenvalue weighted by atomic mass is 16.5. The number of rotatable bonds is 4. The molecule has 0 saturated heterocycles. The van der Waals surface area contributed by atoms with E-state index in [4.69, 9.17) is 9.15 Å². The van der Waals surface area contributed by atoms with Crippen LogP contribution in [0.5, 0.6) is 0 Å². The first kappa shape index (κ1) is 13.4. The molecular weight excluding hydrogens is 272 g/mol. The van der Waals surface area contributed by atoms with Gasteiger partial charge < -0.3 is 9.15 Å². The molecule has 3 aromatic rings. The fraction of sp³-hybridized carbons (Fsp3) is 0.200. The number of nitrogens with one attached hydrogen (secondary N) is 1. The van der Waals surface area contributed by atoms with Gasteiger partial charge in [0.25, 0.3) is 5.56 Å². The average Bonchev–Trinajstić information content (AvgIpc) is 2.86. The van der Waals surface area contributed by atoms with Crippen molar-refractivity contribution >= 4 is 11.1 Å². The van der Waals surface area contributed by atoms with E-state index in [-0.39, 0.29) is 12.4 Å². The van der Waals surface area contributed by atoms with E-state index in [0.717, 1.165) is 5.56 Å². The van der Waals surface area contributed by atoms with Gasteiger partial charge in [0.05, 0.1) is 6.61 Å². The van der Waals surface area contributed by atoms with Crippen molar-refractivity contribution < 1.29 is 9.15 Å². The number of hydrogen-bond acceptors (Lipinski definition) is 4. The van der Waals surface area contributed by atoms with Crippen LogP contribution < -0.4 is 11.2 Å². The summed E-state index contributed by atoms with van der Waals surface area (Å²) in [5, 5.41) is 0.343. The normalized spacial score (nSPS) is 11.1. The lowest BCUT2D eigenvalue weighted by Gasteiger charge is -2.07. The van der Waals surface area contributed by atoms with Crippen molar-refractivity contribution in [3.63, 3.8) is 0 Å². The highest BCUT2D eigenvalue weighted by Crippen LogP contribution is 2.13. The van der Waals surface area contributed by atoms with Crippen LogP contribution in [0, 0.1) is 6.92 Å². The van der Waals surface area contributed by atoms with E-state index in [2.05, 4.69) is 4.98 Å². The molecule has 0 amide bonds. The molecule has 0 aliphatic carbocycles. The quantitative estimate of drug-likeness (QED) is 0.793. The number of nitrogens with zero attached hydrogens (tertiary/aromatic N) is 1. The summed E-state index contributed by atoms with van der Waals surface area (Å²) in [7, 11) is 0. The number of ether oxygens (including phenoxy) is 1. The van der Waals surface area contributed by atoms with Gasteiger partial charge in [-0.1, -0.05) is 30.3 Å². The van der Waals surface area contributed by atoms with Crippen molar-refractivity contribution in [2.75, 3.05) is 0 Å². The molecule has 0 radical (unpaired) electrons. The van der Waals surface area contributed by atoms with E-state index in [9.17, 15) is 9.59 Å². The lowest BCUT2D eigenvalue weighted by molar-refractivity contribution is 0.0618. The zero-order chi connectivity index (χ0) is 14.8. The van der Waals surface area contributed by atoms with Crippen molar-refractivity contribution in [2.24, 2.45) is 0 Å². The maximum Gasteiger partial charge on any atom is 0.333 e. The van der Waals surface area contributed by atoms with Gasteiger partial charge in [0.1, 0.15) is 17.9 Å². The van der Waals surface area contributed by atoms with Gasteiger partial charge >= 0.3 is 5.69 Å². The predicted molar refractivity (Wildman–Crippen MR) is 77.1 cm³/mol. The molecule has 0 bridgehead atoms. The molecule has 6 nitrogen and oxygen atoms in total.